The van der Waals surface area contributed by atoms with Gasteiger partial charge in [-0.25, -0.2) is 0 Å². The van der Waals surface area contributed by atoms with E-state index in [2.05, 4.69) is 31.9 Å². The van der Waals surface area contributed by atoms with E-state index in [1.165, 1.54) is 96.1 Å². The molecule has 0 aliphatic heterocycles. The van der Waals surface area contributed by atoms with Gasteiger partial charge in [-0.2, -0.15) is 0 Å². The Balaban J connectivity index is 0.000000743. The molecule has 3 aromatic carbocycles. The Kier molecular flexibility index (Phi) is 19.5. The standard InChI is InChI=1S/3C11H12N2O4.La/c3*1-6(14)12-9-3-8(11(16)17)4-10(5-9)13-7(2)15;/h3*3-5H,1-2H3,(H,12,14)(H,13,15)(H,16,17);/q;;;+3/p-3. The molecule has 0 spiro atoms. The first-order valence-electron chi connectivity index (χ1n) is 14.4. The van der Waals surface area contributed by atoms with Gasteiger partial charge in [0.05, 0.1) is 17.9 Å². The van der Waals surface area contributed by atoms with E-state index in [-0.39, 0.29) is 122 Å². The average molecular weight is 845 g/mol. The molecule has 0 unspecified atom stereocenters. The molecule has 19 heteroatoms. The molecule has 0 radical (unpaired) electrons. The van der Waals surface area contributed by atoms with Gasteiger partial charge in [-0.05, 0) is 54.6 Å². The van der Waals surface area contributed by atoms with Gasteiger partial charge < -0.3 is 61.6 Å². The summed E-state index contributed by atoms with van der Waals surface area (Å²) in [5.74, 6) is -6.19. The summed E-state index contributed by atoms with van der Waals surface area (Å²) in [6, 6.07) is 11.9. The van der Waals surface area contributed by atoms with Crippen molar-refractivity contribution in [3.05, 3.63) is 71.3 Å². The Morgan fingerprint density at radius 1 is 0.327 bits per heavy atom. The zero-order valence-corrected chi connectivity index (χ0v) is 32.3. The SMILES string of the molecule is CC(=O)Nc1cc(NC(C)=O)cc(C(=O)[O-])c1.CC(=O)Nc1cc(NC(C)=O)cc(C(=O)[O-])c1.CC(=O)Nc1cc(NC(C)=O)cc(C(=O)[O-])c1.[La+3]. The number of hydrogen-bond acceptors (Lipinski definition) is 12. The van der Waals surface area contributed by atoms with Crippen LogP contribution in [0.5, 0.6) is 0 Å². The molecule has 0 saturated heterocycles. The smallest absolute Gasteiger partial charge is 0.545 e. The molecule has 18 nitrogen and oxygen atoms in total. The Labute approximate surface area is 324 Å². The van der Waals surface area contributed by atoms with E-state index in [9.17, 15) is 58.5 Å². The molecule has 52 heavy (non-hydrogen) atoms. The third-order valence-corrected chi connectivity index (χ3v) is 5.43. The maximum absolute atomic E-state index is 10.9. The number of amides is 6. The van der Waals surface area contributed by atoms with Crippen LogP contribution in [-0.2, 0) is 28.8 Å². The van der Waals surface area contributed by atoms with Crippen molar-refractivity contribution in [2.45, 2.75) is 41.5 Å². The maximum atomic E-state index is 10.9. The largest absolute Gasteiger partial charge is 3.00 e. The van der Waals surface area contributed by atoms with E-state index in [1.807, 2.05) is 0 Å². The quantitative estimate of drug-likeness (QED) is 0.165. The fourth-order valence-corrected chi connectivity index (χ4v) is 3.89. The summed E-state index contributed by atoms with van der Waals surface area (Å²) in [5, 5.41) is 46.8. The Hall–Kier alpha value is -5.92. The zero-order chi connectivity index (χ0) is 39.0. The first-order valence-corrected chi connectivity index (χ1v) is 14.4. The summed E-state index contributed by atoms with van der Waals surface area (Å²) >= 11 is 0. The summed E-state index contributed by atoms with van der Waals surface area (Å²) in [6.07, 6.45) is 0. The van der Waals surface area contributed by atoms with Gasteiger partial charge in [0.2, 0.25) is 35.4 Å². The first kappa shape index (κ1) is 46.1. The second-order valence-corrected chi connectivity index (χ2v) is 10.3. The van der Waals surface area contributed by atoms with Crippen molar-refractivity contribution in [3.8, 4) is 0 Å². The summed E-state index contributed by atoms with van der Waals surface area (Å²) in [4.78, 5) is 97.4. The van der Waals surface area contributed by atoms with E-state index in [1.54, 1.807) is 0 Å². The van der Waals surface area contributed by atoms with Crippen molar-refractivity contribution >= 4 is 87.5 Å². The van der Waals surface area contributed by atoms with Gasteiger partial charge in [-0.1, -0.05) is 0 Å². The minimum atomic E-state index is -1.39. The van der Waals surface area contributed by atoms with Crippen LogP contribution in [0.2, 0.25) is 0 Å². The van der Waals surface area contributed by atoms with Crippen LogP contribution in [0.15, 0.2) is 54.6 Å². The van der Waals surface area contributed by atoms with Gasteiger partial charge in [0, 0.05) is 92.4 Å². The van der Waals surface area contributed by atoms with Gasteiger partial charge in [0.1, 0.15) is 0 Å². The molecule has 0 heterocycles. The number of anilines is 6. The van der Waals surface area contributed by atoms with Crippen LogP contribution in [0.25, 0.3) is 0 Å². The molecule has 0 saturated carbocycles. The van der Waals surface area contributed by atoms with Crippen molar-refractivity contribution in [3.63, 3.8) is 0 Å². The fourth-order valence-electron chi connectivity index (χ4n) is 3.89. The molecule has 0 atom stereocenters. The Bertz CT molecular complexity index is 1560. The van der Waals surface area contributed by atoms with Crippen molar-refractivity contribution in [2.24, 2.45) is 0 Å². The number of carbonyl (C=O) groups is 9. The van der Waals surface area contributed by atoms with Gasteiger partial charge >= 0.3 is 35.6 Å². The topological polar surface area (TPSA) is 295 Å². The monoisotopic (exact) mass is 844 g/mol. The van der Waals surface area contributed by atoms with E-state index in [0.717, 1.165) is 0 Å². The number of carboxylic acids is 3. The fraction of sp³-hybridized carbons (Fsp3) is 0.182. The summed E-state index contributed by atoms with van der Waals surface area (Å²) in [5.41, 5.74) is 1.31. The molecule has 0 fully saturated rings. The second kappa shape index (κ2) is 22.0. The number of carbonyl (C=O) groups excluding carboxylic acids is 9. The van der Waals surface area contributed by atoms with Crippen LogP contribution in [0.1, 0.15) is 72.6 Å². The van der Waals surface area contributed by atoms with Gasteiger partial charge in [0.15, 0.2) is 0 Å². The minimum Gasteiger partial charge on any atom is -0.545 e. The van der Waals surface area contributed by atoms with Gasteiger partial charge in [-0.3, -0.25) is 28.8 Å². The van der Waals surface area contributed by atoms with Crippen molar-refractivity contribution in [2.75, 3.05) is 31.9 Å². The van der Waals surface area contributed by atoms with Crippen LogP contribution >= 0.6 is 0 Å². The Morgan fingerprint density at radius 2 is 0.462 bits per heavy atom. The number of nitrogens with one attached hydrogen (secondary N) is 6. The molecule has 0 aliphatic carbocycles. The zero-order valence-electron chi connectivity index (χ0n) is 28.7. The van der Waals surface area contributed by atoms with Gasteiger partial charge in [-0.15, -0.1) is 0 Å². The molecule has 3 rings (SSSR count). The molecule has 0 aliphatic rings. The molecule has 0 bridgehead atoms. The third-order valence-electron chi connectivity index (χ3n) is 5.43. The first-order chi connectivity index (χ1) is 23.6. The van der Waals surface area contributed by atoms with Crippen LogP contribution in [0.3, 0.4) is 0 Å². The van der Waals surface area contributed by atoms with Gasteiger partial charge in [0.25, 0.3) is 0 Å². The summed E-state index contributed by atoms with van der Waals surface area (Å²) in [6.45, 7) is 7.77. The third kappa shape index (κ3) is 18.7. The molecule has 6 N–H and O–H groups in total. The maximum Gasteiger partial charge on any atom is 3.00 e. The Morgan fingerprint density at radius 3 is 0.558 bits per heavy atom. The molecule has 6 amide bonds. The molecule has 0 aromatic heterocycles. The number of rotatable bonds is 9. The van der Waals surface area contributed by atoms with Crippen molar-refractivity contribution in [1.29, 1.82) is 0 Å². The summed E-state index contributed by atoms with van der Waals surface area (Å²) < 4.78 is 0. The van der Waals surface area contributed by atoms with E-state index in [0.29, 0.717) is 0 Å². The van der Waals surface area contributed by atoms with E-state index < -0.39 is 17.9 Å². The number of carboxylic acid groups (broad SMARTS) is 3. The number of hydrogen-bond donors (Lipinski definition) is 6. The summed E-state index contributed by atoms with van der Waals surface area (Å²) in [7, 11) is 0. The van der Waals surface area contributed by atoms with Crippen LogP contribution in [0.4, 0.5) is 34.1 Å². The van der Waals surface area contributed by atoms with Crippen molar-refractivity contribution in [1.82, 2.24) is 0 Å². The van der Waals surface area contributed by atoms with Crippen molar-refractivity contribution < 1.29 is 94.1 Å². The van der Waals surface area contributed by atoms with E-state index in [4.69, 9.17) is 0 Å². The number of aromatic carboxylic acids is 3. The minimum absolute atomic E-state index is 0. The van der Waals surface area contributed by atoms with Crippen LogP contribution in [-0.4, -0.2) is 53.4 Å². The van der Waals surface area contributed by atoms with E-state index >= 15 is 0 Å². The normalized spacial score (nSPS) is 9.35. The molecule has 270 valence electrons. The molecule has 3 aromatic rings. The molecular weight excluding hydrogens is 811 g/mol. The van der Waals surface area contributed by atoms with Crippen LogP contribution in [0, 0.1) is 35.6 Å². The molecular formula is C33H33LaN6O12. The second-order valence-electron chi connectivity index (χ2n) is 10.3. The number of benzene rings is 3. The van der Waals surface area contributed by atoms with Crippen LogP contribution < -0.4 is 47.2 Å². The predicted octanol–water partition coefficient (Wildman–Crippen LogP) is -0.0993. The average Bonchev–Trinajstić information content (AvgIpc) is 2.95. The predicted molar refractivity (Wildman–Crippen MR) is 178 cm³/mol.